The van der Waals surface area contributed by atoms with Crippen molar-refractivity contribution in [2.45, 2.75) is 68.7 Å². The summed E-state index contributed by atoms with van der Waals surface area (Å²) in [5, 5.41) is 2.72. The zero-order chi connectivity index (χ0) is 14.9. The van der Waals surface area contributed by atoms with Crippen molar-refractivity contribution in [1.29, 1.82) is 0 Å². The van der Waals surface area contributed by atoms with Crippen LogP contribution < -0.4 is 5.32 Å². The molecule has 0 saturated carbocycles. The predicted octanol–water partition coefficient (Wildman–Crippen LogP) is 1.09. The lowest BCUT2D eigenvalue weighted by Crippen LogP contribution is -2.56. The number of carbonyl (C=O) groups excluding carboxylic acids is 1. The minimum atomic E-state index is -3.23. The molecule has 3 atom stereocenters. The zero-order valence-electron chi connectivity index (χ0n) is 12.6. The maximum Gasteiger partial charge on any atom is 0.241 e. The maximum absolute atomic E-state index is 12.9. The molecule has 3 saturated heterocycles. The van der Waals surface area contributed by atoms with E-state index < -0.39 is 15.1 Å². The Balaban J connectivity index is 1.77. The highest BCUT2D eigenvalue weighted by molar-refractivity contribution is 7.92. The van der Waals surface area contributed by atoms with Crippen LogP contribution in [0, 0.1) is 0 Å². The molecule has 3 aliphatic rings. The number of likely N-dealkylation sites (tertiary alicyclic amines) is 1. The summed E-state index contributed by atoms with van der Waals surface area (Å²) in [6.07, 6.45) is 7.50. The van der Waals surface area contributed by atoms with E-state index in [0.29, 0.717) is 18.9 Å². The Labute approximate surface area is 127 Å². The van der Waals surface area contributed by atoms with Gasteiger partial charge in [0.2, 0.25) is 5.91 Å². The molecule has 0 aromatic heterocycles. The summed E-state index contributed by atoms with van der Waals surface area (Å²) in [5.74, 6) is 0.0666. The van der Waals surface area contributed by atoms with Crippen molar-refractivity contribution in [2.24, 2.45) is 0 Å². The average Bonchev–Trinajstić information content (AvgIpc) is 3.00. The fourth-order valence-corrected chi connectivity index (χ4v) is 5.97. The third-order valence-corrected chi connectivity index (χ3v) is 7.41. The Hall–Kier alpha value is -0.620. The number of nitrogens with zero attached hydrogens (tertiary/aromatic N) is 1. The van der Waals surface area contributed by atoms with Crippen LogP contribution in [0.2, 0.25) is 0 Å². The third kappa shape index (κ3) is 3.11. The van der Waals surface area contributed by atoms with E-state index in [4.69, 9.17) is 0 Å². The average molecular weight is 314 g/mol. The molecule has 6 heteroatoms. The van der Waals surface area contributed by atoms with E-state index in [1.165, 1.54) is 0 Å². The number of hydrogen-bond acceptors (Lipinski definition) is 4. The largest absolute Gasteiger partial charge is 0.337 e. The van der Waals surface area contributed by atoms with Gasteiger partial charge in [-0.3, -0.25) is 4.79 Å². The van der Waals surface area contributed by atoms with E-state index in [2.05, 4.69) is 5.32 Å². The lowest BCUT2D eigenvalue weighted by atomic mass is 9.94. The fourth-order valence-electron chi connectivity index (χ4n) is 4.11. The number of carbonyl (C=O) groups is 1. The van der Waals surface area contributed by atoms with Crippen LogP contribution in [-0.4, -0.2) is 55.4 Å². The van der Waals surface area contributed by atoms with E-state index >= 15 is 0 Å². The molecule has 1 N–H and O–H groups in total. The molecule has 3 aliphatic heterocycles. The molecule has 120 valence electrons. The molecule has 0 radical (unpaired) electrons. The number of rotatable bonds is 2. The predicted molar refractivity (Wildman–Crippen MR) is 81.8 cm³/mol. The molecule has 5 nitrogen and oxygen atoms in total. The molecule has 21 heavy (non-hydrogen) atoms. The van der Waals surface area contributed by atoms with E-state index in [0.717, 1.165) is 51.6 Å². The van der Waals surface area contributed by atoms with Gasteiger partial charge in [-0.2, -0.15) is 0 Å². The van der Waals surface area contributed by atoms with Crippen molar-refractivity contribution in [2.75, 3.05) is 18.8 Å². The molecular weight excluding hydrogens is 288 g/mol. The Bertz CT molecular complexity index is 485. The smallest absolute Gasteiger partial charge is 0.241 e. The van der Waals surface area contributed by atoms with E-state index in [9.17, 15) is 13.2 Å². The summed E-state index contributed by atoms with van der Waals surface area (Å²) in [4.78, 5) is 14.8. The van der Waals surface area contributed by atoms with Gasteiger partial charge in [-0.25, -0.2) is 8.42 Å². The molecule has 0 aromatic rings. The van der Waals surface area contributed by atoms with E-state index in [1.807, 2.05) is 4.90 Å². The third-order valence-electron chi connectivity index (χ3n) is 5.25. The van der Waals surface area contributed by atoms with Gasteiger partial charge in [0.1, 0.15) is 5.25 Å². The molecule has 1 amide bonds. The van der Waals surface area contributed by atoms with Crippen LogP contribution in [0.5, 0.6) is 0 Å². The van der Waals surface area contributed by atoms with Crippen molar-refractivity contribution in [3.8, 4) is 0 Å². The Morgan fingerprint density at radius 1 is 1.00 bits per heavy atom. The number of sulfone groups is 1. The first kappa shape index (κ1) is 15.3. The van der Waals surface area contributed by atoms with Crippen molar-refractivity contribution < 1.29 is 13.2 Å². The van der Waals surface area contributed by atoms with Gasteiger partial charge < -0.3 is 10.2 Å². The van der Waals surface area contributed by atoms with Crippen LogP contribution in [0.4, 0.5) is 0 Å². The molecule has 0 aromatic carbocycles. The van der Waals surface area contributed by atoms with Crippen molar-refractivity contribution in [3.63, 3.8) is 0 Å². The van der Waals surface area contributed by atoms with Gasteiger partial charge in [0.25, 0.3) is 0 Å². The van der Waals surface area contributed by atoms with Crippen LogP contribution in [0.3, 0.4) is 0 Å². The summed E-state index contributed by atoms with van der Waals surface area (Å²) in [6.45, 7) is 1.75. The quantitative estimate of drug-likeness (QED) is 0.828. The van der Waals surface area contributed by atoms with Gasteiger partial charge in [-0.1, -0.05) is 6.42 Å². The second-order valence-corrected chi connectivity index (χ2v) is 8.95. The first-order valence-corrected chi connectivity index (χ1v) is 10.1. The van der Waals surface area contributed by atoms with Crippen LogP contribution in [0.15, 0.2) is 0 Å². The number of hydrogen-bond donors (Lipinski definition) is 1. The Morgan fingerprint density at radius 2 is 1.81 bits per heavy atom. The number of piperidine rings is 1. The van der Waals surface area contributed by atoms with Crippen LogP contribution in [0.25, 0.3) is 0 Å². The van der Waals surface area contributed by atoms with Crippen molar-refractivity contribution in [1.82, 2.24) is 10.2 Å². The normalized spacial score (nSPS) is 36.6. The van der Waals surface area contributed by atoms with Gasteiger partial charge in [0.05, 0.1) is 5.75 Å². The Kier molecular flexibility index (Phi) is 4.54. The van der Waals surface area contributed by atoms with E-state index in [-0.39, 0.29) is 17.7 Å². The van der Waals surface area contributed by atoms with Crippen LogP contribution >= 0.6 is 0 Å². The second kappa shape index (κ2) is 6.24. The first-order chi connectivity index (χ1) is 10.1. The minimum absolute atomic E-state index is 0.117. The van der Waals surface area contributed by atoms with Gasteiger partial charge in [0, 0.05) is 18.6 Å². The molecule has 0 bridgehead atoms. The highest BCUT2D eigenvalue weighted by Crippen LogP contribution is 2.28. The summed E-state index contributed by atoms with van der Waals surface area (Å²) >= 11 is 0. The first-order valence-electron chi connectivity index (χ1n) is 8.35. The molecule has 3 fully saturated rings. The minimum Gasteiger partial charge on any atom is -0.337 e. The lowest BCUT2D eigenvalue weighted by molar-refractivity contribution is -0.135. The monoisotopic (exact) mass is 314 g/mol. The molecule has 3 unspecified atom stereocenters. The van der Waals surface area contributed by atoms with Gasteiger partial charge in [0.15, 0.2) is 9.84 Å². The molecule has 3 heterocycles. The summed E-state index contributed by atoms with van der Waals surface area (Å²) < 4.78 is 24.5. The van der Waals surface area contributed by atoms with E-state index in [1.54, 1.807) is 0 Å². The summed E-state index contributed by atoms with van der Waals surface area (Å²) in [5.41, 5.74) is 0. The standard InChI is InChI=1S/C15H26N2O3S/c18-15(14-8-2-4-11-21(14,19)20)17-10-3-1-7-13(17)12-6-5-9-16-12/h12-14,16H,1-11H2. The Morgan fingerprint density at radius 3 is 2.52 bits per heavy atom. The van der Waals surface area contributed by atoms with Gasteiger partial charge in [-0.05, 0) is 51.5 Å². The van der Waals surface area contributed by atoms with Gasteiger partial charge >= 0.3 is 0 Å². The highest BCUT2D eigenvalue weighted by Gasteiger charge is 2.42. The SMILES string of the molecule is O=C(C1CCCCS1(=O)=O)N1CCCCC1C1CCCN1. The van der Waals surface area contributed by atoms with Gasteiger partial charge in [-0.15, -0.1) is 0 Å². The van der Waals surface area contributed by atoms with Crippen LogP contribution in [0.1, 0.15) is 51.4 Å². The topological polar surface area (TPSA) is 66.5 Å². The summed E-state index contributed by atoms with van der Waals surface area (Å²) in [7, 11) is -3.23. The molecular formula is C15H26N2O3S. The molecule has 3 rings (SSSR count). The molecule has 0 spiro atoms. The highest BCUT2D eigenvalue weighted by atomic mass is 32.2. The lowest BCUT2D eigenvalue weighted by Gasteiger charge is -2.41. The zero-order valence-corrected chi connectivity index (χ0v) is 13.4. The second-order valence-electron chi connectivity index (χ2n) is 6.65. The van der Waals surface area contributed by atoms with Crippen LogP contribution in [-0.2, 0) is 14.6 Å². The number of amides is 1. The van der Waals surface area contributed by atoms with Crippen molar-refractivity contribution >= 4 is 15.7 Å². The summed E-state index contributed by atoms with van der Waals surface area (Å²) in [6, 6.07) is 0.562. The fraction of sp³-hybridized carbons (Fsp3) is 0.933. The van der Waals surface area contributed by atoms with Crippen molar-refractivity contribution in [3.05, 3.63) is 0 Å². The number of nitrogens with one attached hydrogen (secondary N) is 1. The molecule has 0 aliphatic carbocycles. The maximum atomic E-state index is 12.9.